The first-order valence-electron chi connectivity index (χ1n) is 6.30. The smallest absolute Gasteiger partial charge is 0.339 e. The monoisotopic (exact) mass is 280 g/mol. The molecule has 1 atom stereocenters. The van der Waals surface area contributed by atoms with E-state index in [1.807, 2.05) is 0 Å². The molecule has 0 saturated heterocycles. The van der Waals surface area contributed by atoms with E-state index < -0.39 is 17.7 Å². The van der Waals surface area contributed by atoms with Crippen LogP contribution in [0.4, 0.5) is 0 Å². The van der Waals surface area contributed by atoms with Crippen LogP contribution in [0, 0.1) is 5.92 Å². The van der Waals surface area contributed by atoms with Crippen LogP contribution in [0.1, 0.15) is 41.1 Å². The van der Waals surface area contributed by atoms with Crippen LogP contribution in [-0.2, 0) is 4.79 Å². The molecule has 0 aliphatic heterocycles. The lowest BCUT2D eigenvalue weighted by Crippen LogP contribution is -2.10. The van der Waals surface area contributed by atoms with Gasteiger partial charge in [-0.3, -0.25) is 4.79 Å². The number of carboxylic acid groups (broad SMARTS) is 2. The minimum Gasteiger partial charge on any atom is -0.504 e. The molecule has 1 aromatic rings. The van der Waals surface area contributed by atoms with Crippen molar-refractivity contribution in [2.75, 3.05) is 7.11 Å². The Balaban J connectivity index is 2.46. The van der Waals surface area contributed by atoms with E-state index in [4.69, 9.17) is 14.9 Å². The van der Waals surface area contributed by atoms with E-state index in [0.717, 1.165) is 12.8 Å². The number of hydrogen-bond acceptors (Lipinski definition) is 4. The average Bonchev–Trinajstić information content (AvgIpc) is 3.20. The minimum absolute atomic E-state index is 0.0518. The Morgan fingerprint density at radius 1 is 1.35 bits per heavy atom. The van der Waals surface area contributed by atoms with Gasteiger partial charge in [0.25, 0.3) is 0 Å². The third-order valence-corrected chi connectivity index (χ3v) is 3.56. The molecule has 6 nitrogen and oxygen atoms in total. The summed E-state index contributed by atoms with van der Waals surface area (Å²) in [7, 11) is 1.33. The summed E-state index contributed by atoms with van der Waals surface area (Å²) in [5.74, 6) is -2.58. The number of ether oxygens (including phenoxy) is 1. The highest BCUT2D eigenvalue weighted by atomic mass is 16.5. The highest BCUT2D eigenvalue weighted by Crippen LogP contribution is 2.46. The molecule has 0 spiro atoms. The van der Waals surface area contributed by atoms with Gasteiger partial charge in [0.2, 0.25) is 0 Å². The fraction of sp³-hybridized carbons (Fsp3) is 0.429. The SMILES string of the molecule is COc1cc(C(CC(=O)O)C2CC2)cc(C(=O)O)c1O. The van der Waals surface area contributed by atoms with Crippen molar-refractivity contribution in [3.05, 3.63) is 23.3 Å². The number of hydrogen-bond donors (Lipinski definition) is 3. The van der Waals surface area contributed by atoms with Gasteiger partial charge in [-0.1, -0.05) is 0 Å². The van der Waals surface area contributed by atoms with Crippen molar-refractivity contribution in [3.63, 3.8) is 0 Å². The van der Waals surface area contributed by atoms with Gasteiger partial charge >= 0.3 is 11.9 Å². The molecule has 0 radical (unpaired) electrons. The Hall–Kier alpha value is -2.24. The molecule has 20 heavy (non-hydrogen) atoms. The molecule has 1 aliphatic rings. The second kappa shape index (κ2) is 5.40. The van der Waals surface area contributed by atoms with Gasteiger partial charge in [-0.2, -0.15) is 0 Å². The molecule has 1 fully saturated rings. The van der Waals surface area contributed by atoms with Gasteiger partial charge in [0, 0.05) is 0 Å². The maximum atomic E-state index is 11.1. The van der Waals surface area contributed by atoms with E-state index in [1.165, 1.54) is 19.2 Å². The van der Waals surface area contributed by atoms with E-state index in [0.29, 0.717) is 5.56 Å². The van der Waals surface area contributed by atoms with Crippen LogP contribution >= 0.6 is 0 Å². The van der Waals surface area contributed by atoms with Gasteiger partial charge in [-0.25, -0.2) is 4.79 Å². The van der Waals surface area contributed by atoms with Crippen LogP contribution in [0.5, 0.6) is 11.5 Å². The van der Waals surface area contributed by atoms with E-state index >= 15 is 0 Å². The van der Waals surface area contributed by atoms with Crippen molar-refractivity contribution < 1.29 is 29.6 Å². The summed E-state index contributed by atoms with van der Waals surface area (Å²) in [6, 6.07) is 2.86. The quantitative estimate of drug-likeness (QED) is 0.736. The molecule has 0 amide bonds. The summed E-state index contributed by atoms with van der Waals surface area (Å²) >= 11 is 0. The zero-order valence-electron chi connectivity index (χ0n) is 11.0. The number of benzene rings is 1. The number of rotatable bonds is 6. The number of methoxy groups -OCH3 is 1. The maximum absolute atomic E-state index is 11.1. The van der Waals surface area contributed by atoms with Crippen LogP contribution in [0.25, 0.3) is 0 Å². The molecule has 1 unspecified atom stereocenters. The van der Waals surface area contributed by atoms with Gasteiger partial charge in [0.1, 0.15) is 5.56 Å². The Morgan fingerprint density at radius 2 is 2.00 bits per heavy atom. The fourth-order valence-corrected chi connectivity index (χ4v) is 2.41. The largest absolute Gasteiger partial charge is 0.504 e. The van der Waals surface area contributed by atoms with E-state index in [1.54, 1.807) is 0 Å². The summed E-state index contributed by atoms with van der Waals surface area (Å²) in [5.41, 5.74) is 0.317. The lowest BCUT2D eigenvalue weighted by Gasteiger charge is -2.17. The first-order valence-corrected chi connectivity index (χ1v) is 6.30. The molecule has 0 aromatic heterocycles. The number of carboxylic acids is 2. The van der Waals surface area contributed by atoms with Crippen molar-refractivity contribution in [1.82, 2.24) is 0 Å². The second-order valence-corrected chi connectivity index (χ2v) is 4.97. The Bertz CT molecular complexity index is 547. The van der Waals surface area contributed by atoms with Crippen molar-refractivity contribution >= 4 is 11.9 Å². The third-order valence-electron chi connectivity index (χ3n) is 3.56. The van der Waals surface area contributed by atoms with E-state index in [2.05, 4.69) is 0 Å². The molecule has 6 heteroatoms. The summed E-state index contributed by atoms with van der Waals surface area (Å²) in [6.07, 6.45) is 1.81. The number of carbonyl (C=O) groups is 2. The van der Waals surface area contributed by atoms with Crippen LogP contribution in [0.3, 0.4) is 0 Å². The predicted octanol–water partition coefficient (Wildman–Crippen LogP) is 2.07. The molecule has 0 heterocycles. The van der Waals surface area contributed by atoms with Gasteiger partial charge in [0.15, 0.2) is 11.5 Å². The zero-order chi connectivity index (χ0) is 14.9. The van der Waals surface area contributed by atoms with Gasteiger partial charge in [0.05, 0.1) is 13.5 Å². The molecule has 2 rings (SSSR count). The lowest BCUT2D eigenvalue weighted by atomic mass is 9.89. The van der Waals surface area contributed by atoms with Crippen molar-refractivity contribution in [2.24, 2.45) is 5.92 Å². The number of phenols is 1. The standard InChI is InChI=1S/C14H16O6/c1-20-11-5-8(4-10(13(11)17)14(18)19)9(6-12(15)16)7-2-3-7/h4-5,7,9,17H,2-3,6H2,1H3,(H,15,16)(H,18,19). The van der Waals surface area contributed by atoms with Gasteiger partial charge in [-0.05, 0) is 42.4 Å². The molecule has 1 saturated carbocycles. The lowest BCUT2D eigenvalue weighted by molar-refractivity contribution is -0.137. The summed E-state index contributed by atoms with van der Waals surface area (Å²) < 4.78 is 4.97. The Kier molecular flexibility index (Phi) is 3.83. The second-order valence-electron chi connectivity index (χ2n) is 4.97. The summed E-state index contributed by atoms with van der Waals surface area (Å²) in [5, 5.41) is 27.9. The van der Waals surface area contributed by atoms with Crippen molar-refractivity contribution in [3.8, 4) is 11.5 Å². The topological polar surface area (TPSA) is 104 Å². The van der Waals surface area contributed by atoms with Gasteiger partial charge < -0.3 is 20.1 Å². The molecule has 1 aliphatic carbocycles. The fourth-order valence-electron chi connectivity index (χ4n) is 2.41. The van der Waals surface area contributed by atoms with Crippen molar-refractivity contribution in [1.29, 1.82) is 0 Å². The summed E-state index contributed by atoms with van der Waals surface area (Å²) in [4.78, 5) is 22.1. The van der Waals surface area contributed by atoms with Crippen LogP contribution in [0.2, 0.25) is 0 Å². The predicted molar refractivity (Wildman–Crippen MR) is 69.3 cm³/mol. The maximum Gasteiger partial charge on any atom is 0.339 e. The first-order chi connectivity index (χ1) is 9.43. The number of aromatic carboxylic acids is 1. The number of aliphatic carboxylic acids is 1. The van der Waals surface area contributed by atoms with Crippen LogP contribution in [0.15, 0.2) is 12.1 Å². The molecular weight excluding hydrogens is 264 g/mol. The molecule has 3 N–H and O–H groups in total. The van der Waals surface area contributed by atoms with Gasteiger partial charge in [-0.15, -0.1) is 0 Å². The van der Waals surface area contributed by atoms with E-state index in [-0.39, 0.29) is 29.6 Å². The highest BCUT2D eigenvalue weighted by molar-refractivity contribution is 5.92. The van der Waals surface area contributed by atoms with Crippen LogP contribution < -0.4 is 4.74 Å². The van der Waals surface area contributed by atoms with E-state index in [9.17, 15) is 14.7 Å². The average molecular weight is 280 g/mol. The highest BCUT2D eigenvalue weighted by Gasteiger charge is 2.35. The van der Waals surface area contributed by atoms with Crippen molar-refractivity contribution in [2.45, 2.75) is 25.2 Å². The molecular formula is C14H16O6. The normalized spacial score (nSPS) is 15.7. The Morgan fingerprint density at radius 3 is 2.45 bits per heavy atom. The van der Waals surface area contributed by atoms with Crippen LogP contribution in [-0.4, -0.2) is 34.4 Å². The molecule has 1 aromatic carbocycles. The Labute approximate surface area is 115 Å². The number of aromatic hydroxyl groups is 1. The molecule has 108 valence electrons. The third kappa shape index (κ3) is 2.84. The first kappa shape index (κ1) is 14.2. The zero-order valence-corrected chi connectivity index (χ0v) is 11.0. The molecule has 0 bridgehead atoms. The minimum atomic E-state index is -1.27. The summed E-state index contributed by atoms with van der Waals surface area (Å²) in [6.45, 7) is 0.